The second-order valence-corrected chi connectivity index (χ2v) is 7.15. The average Bonchev–Trinajstić information content (AvgIpc) is 3.48. The van der Waals surface area contributed by atoms with Gasteiger partial charge in [0.25, 0.3) is 0 Å². The third-order valence-corrected chi connectivity index (χ3v) is 4.98. The number of nitrogens with two attached hydrogens (primary N) is 1. The fourth-order valence-electron chi connectivity index (χ4n) is 3.15. The van der Waals surface area contributed by atoms with E-state index in [0.717, 1.165) is 23.4 Å². The van der Waals surface area contributed by atoms with Crippen molar-refractivity contribution in [2.75, 3.05) is 5.73 Å². The fourth-order valence-corrected chi connectivity index (χ4v) is 3.15. The molecule has 4 rings (SSSR count). The van der Waals surface area contributed by atoms with Gasteiger partial charge < -0.3 is 11.1 Å². The Kier molecular flexibility index (Phi) is 4.68. The van der Waals surface area contributed by atoms with E-state index in [1.54, 1.807) is 28.9 Å². The van der Waals surface area contributed by atoms with Gasteiger partial charge in [-0.15, -0.1) is 0 Å². The van der Waals surface area contributed by atoms with Crippen LogP contribution in [0.4, 0.5) is 5.82 Å². The van der Waals surface area contributed by atoms with E-state index in [1.807, 2.05) is 19.1 Å². The number of ketones is 1. The van der Waals surface area contributed by atoms with E-state index in [4.69, 9.17) is 11.0 Å². The zero-order valence-electron chi connectivity index (χ0n) is 15.6. The van der Waals surface area contributed by atoms with Crippen molar-refractivity contribution in [3.05, 3.63) is 76.5 Å². The molecule has 0 saturated heterocycles. The monoisotopic (exact) mass is 371 g/mol. The number of anilines is 1. The summed E-state index contributed by atoms with van der Waals surface area (Å²) in [4.78, 5) is 12.9. The number of nitrogens with zero attached hydrogens (tertiary/aromatic N) is 3. The van der Waals surface area contributed by atoms with Gasteiger partial charge >= 0.3 is 0 Å². The van der Waals surface area contributed by atoms with E-state index < -0.39 is 0 Å². The third-order valence-electron chi connectivity index (χ3n) is 4.98. The number of aromatic nitrogens is 2. The number of nitrogen functional groups attached to an aromatic ring is 1. The molecule has 1 aliphatic carbocycles. The van der Waals surface area contributed by atoms with Gasteiger partial charge in [-0.25, -0.2) is 4.68 Å². The standard InChI is InChI=1S/C22H21N5O/c1-14-5-6-16(12-25-18-7-8-18)10-20(14)27-22(24)19(13-26-27)21(28)17-4-2-3-15(9-17)11-23/h2-6,9-10,13,18,25H,7-8,12,24H2,1H3. The SMILES string of the molecule is Cc1ccc(CNC2CC2)cc1-n1ncc(C(=O)c2cccc(C#N)c2)c1N. The molecule has 0 aliphatic heterocycles. The summed E-state index contributed by atoms with van der Waals surface area (Å²) in [6.45, 7) is 2.79. The quantitative estimate of drug-likeness (QED) is 0.649. The molecule has 6 nitrogen and oxygen atoms in total. The van der Waals surface area contributed by atoms with Crippen molar-refractivity contribution in [3.63, 3.8) is 0 Å². The van der Waals surface area contributed by atoms with E-state index in [2.05, 4.69) is 22.5 Å². The Balaban J connectivity index is 1.65. The van der Waals surface area contributed by atoms with Crippen molar-refractivity contribution < 1.29 is 4.79 Å². The van der Waals surface area contributed by atoms with Crippen LogP contribution in [-0.4, -0.2) is 21.6 Å². The lowest BCUT2D eigenvalue weighted by Crippen LogP contribution is -2.16. The van der Waals surface area contributed by atoms with Crippen LogP contribution in [0, 0.1) is 18.3 Å². The van der Waals surface area contributed by atoms with Crippen molar-refractivity contribution in [1.82, 2.24) is 15.1 Å². The molecule has 0 unspecified atom stereocenters. The van der Waals surface area contributed by atoms with E-state index in [1.165, 1.54) is 19.0 Å². The molecular weight excluding hydrogens is 350 g/mol. The predicted octanol–water partition coefficient (Wildman–Crippen LogP) is 3.12. The number of hydrogen-bond acceptors (Lipinski definition) is 5. The molecule has 3 N–H and O–H groups in total. The first-order valence-corrected chi connectivity index (χ1v) is 9.28. The van der Waals surface area contributed by atoms with Crippen molar-refractivity contribution >= 4 is 11.6 Å². The van der Waals surface area contributed by atoms with Crippen LogP contribution in [0.15, 0.2) is 48.7 Å². The Morgan fingerprint density at radius 3 is 2.89 bits per heavy atom. The first-order valence-electron chi connectivity index (χ1n) is 9.28. The molecule has 0 atom stereocenters. The molecule has 1 saturated carbocycles. The minimum Gasteiger partial charge on any atom is -0.383 e. The lowest BCUT2D eigenvalue weighted by molar-refractivity contribution is 0.103. The molecule has 0 bridgehead atoms. The Morgan fingerprint density at radius 2 is 2.14 bits per heavy atom. The molecule has 1 aliphatic rings. The third kappa shape index (κ3) is 3.53. The molecule has 0 radical (unpaired) electrons. The van der Waals surface area contributed by atoms with Gasteiger partial charge in [-0.2, -0.15) is 10.4 Å². The smallest absolute Gasteiger partial charge is 0.198 e. The summed E-state index contributed by atoms with van der Waals surface area (Å²) in [5, 5.41) is 16.9. The molecular formula is C22H21N5O. The molecule has 1 heterocycles. The first-order chi connectivity index (χ1) is 13.6. The van der Waals surface area contributed by atoms with Crippen LogP contribution in [0.25, 0.3) is 5.69 Å². The maximum Gasteiger partial charge on any atom is 0.198 e. The van der Waals surface area contributed by atoms with Gasteiger partial charge in [-0.1, -0.05) is 24.3 Å². The molecule has 0 spiro atoms. The van der Waals surface area contributed by atoms with Crippen LogP contribution >= 0.6 is 0 Å². The fraction of sp³-hybridized carbons (Fsp3) is 0.227. The Labute approximate surface area is 163 Å². The largest absolute Gasteiger partial charge is 0.383 e. The lowest BCUT2D eigenvalue weighted by atomic mass is 10.0. The summed E-state index contributed by atoms with van der Waals surface area (Å²) in [7, 11) is 0. The molecule has 6 heteroatoms. The summed E-state index contributed by atoms with van der Waals surface area (Å²) < 4.78 is 1.61. The van der Waals surface area contributed by atoms with Crippen molar-refractivity contribution in [2.45, 2.75) is 32.4 Å². The van der Waals surface area contributed by atoms with Crippen molar-refractivity contribution in [3.8, 4) is 11.8 Å². The Morgan fingerprint density at radius 1 is 1.32 bits per heavy atom. The van der Waals surface area contributed by atoms with E-state index in [0.29, 0.717) is 28.6 Å². The summed E-state index contributed by atoms with van der Waals surface area (Å²) >= 11 is 0. The summed E-state index contributed by atoms with van der Waals surface area (Å²) in [6, 6.07) is 15.5. The Hall–Kier alpha value is -3.43. The number of carbonyl (C=O) groups is 1. The second-order valence-electron chi connectivity index (χ2n) is 7.15. The van der Waals surface area contributed by atoms with E-state index in [-0.39, 0.29) is 5.78 Å². The normalized spacial score (nSPS) is 13.3. The van der Waals surface area contributed by atoms with Gasteiger partial charge in [-0.05, 0) is 49.1 Å². The lowest BCUT2D eigenvalue weighted by Gasteiger charge is -2.11. The van der Waals surface area contributed by atoms with Crippen molar-refractivity contribution in [1.29, 1.82) is 5.26 Å². The molecule has 2 aromatic carbocycles. The summed E-state index contributed by atoms with van der Waals surface area (Å²) in [5.74, 6) is 0.0489. The average molecular weight is 371 g/mol. The molecule has 28 heavy (non-hydrogen) atoms. The van der Waals surface area contributed by atoms with Gasteiger partial charge in [0, 0.05) is 18.2 Å². The minimum atomic E-state index is -0.245. The number of carbonyl (C=O) groups excluding carboxylic acids is 1. The first kappa shape index (κ1) is 18.0. The highest BCUT2D eigenvalue weighted by atomic mass is 16.1. The molecule has 140 valence electrons. The van der Waals surface area contributed by atoms with Crippen LogP contribution in [0.2, 0.25) is 0 Å². The number of benzene rings is 2. The van der Waals surface area contributed by atoms with E-state index >= 15 is 0 Å². The number of nitrogens with one attached hydrogen (secondary N) is 1. The maximum absolute atomic E-state index is 12.9. The highest BCUT2D eigenvalue weighted by Crippen LogP contribution is 2.24. The summed E-state index contributed by atoms with van der Waals surface area (Å²) in [5.41, 5.74) is 10.5. The Bertz CT molecular complexity index is 1090. The topological polar surface area (TPSA) is 96.7 Å². The number of rotatable bonds is 6. The number of hydrogen-bond donors (Lipinski definition) is 2. The van der Waals surface area contributed by atoms with Crippen LogP contribution in [0.5, 0.6) is 0 Å². The highest BCUT2D eigenvalue weighted by Gasteiger charge is 2.21. The molecule has 3 aromatic rings. The molecule has 1 aromatic heterocycles. The van der Waals surface area contributed by atoms with Crippen LogP contribution in [0.1, 0.15) is 45.5 Å². The second kappa shape index (κ2) is 7.29. The van der Waals surface area contributed by atoms with Gasteiger partial charge in [0.1, 0.15) is 5.82 Å². The van der Waals surface area contributed by atoms with Gasteiger partial charge in [0.05, 0.1) is 29.1 Å². The minimum absolute atomic E-state index is 0.245. The maximum atomic E-state index is 12.9. The van der Waals surface area contributed by atoms with E-state index in [9.17, 15) is 4.79 Å². The summed E-state index contributed by atoms with van der Waals surface area (Å²) in [6.07, 6.45) is 3.97. The number of nitriles is 1. The van der Waals surface area contributed by atoms with Gasteiger partial charge in [-0.3, -0.25) is 4.79 Å². The van der Waals surface area contributed by atoms with Crippen LogP contribution in [0.3, 0.4) is 0 Å². The van der Waals surface area contributed by atoms with Gasteiger partial charge in [0.2, 0.25) is 0 Å². The highest BCUT2D eigenvalue weighted by molar-refractivity contribution is 6.11. The molecule has 1 fully saturated rings. The zero-order chi connectivity index (χ0) is 19.7. The van der Waals surface area contributed by atoms with Crippen LogP contribution in [-0.2, 0) is 6.54 Å². The zero-order valence-corrected chi connectivity index (χ0v) is 15.6. The van der Waals surface area contributed by atoms with Gasteiger partial charge in [0.15, 0.2) is 5.78 Å². The van der Waals surface area contributed by atoms with Crippen LogP contribution < -0.4 is 11.1 Å². The number of aryl methyl sites for hydroxylation is 1. The molecule has 0 amide bonds. The predicted molar refractivity (Wildman–Crippen MR) is 107 cm³/mol. The van der Waals surface area contributed by atoms with Crippen molar-refractivity contribution in [2.24, 2.45) is 0 Å².